The van der Waals surface area contributed by atoms with Crippen LogP contribution in [0.3, 0.4) is 0 Å². The Morgan fingerprint density at radius 3 is 2.38 bits per heavy atom. The van der Waals surface area contributed by atoms with Gasteiger partial charge >= 0.3 is 0 Å². The van der Waals surface area contributed by atoms with E-state index in [1.54, 1.807) is 21.3 Å². The van der Waals surface area contributed by atoms with Gasteiger partial charge in [0.15, 0.2) is 11.5 Å². The lowest BCUT2D eigenvalue weighted by atomic mass is 9.92. The predicted octanol–water partition coefficient (Wildman–Crippen LogP) is 3.76. The molecule has 0 saturated carbocycles. The molecule has 0 amide bonds. The maximum atomic E-state index is 10.7. The molecular formula is C21H24O5. The summed E-state index contributed by atoms with van der Waals surface area (Å²) in [5, 5.41) is 10.7. The number of rotatable bonds is 4. The Bertz CT molecular complexity index is 804. The third-order valence-corrected chi connectivity index (χ3v) is 5.38. The molecule has 4 rings (SSSR count). The van der Waals surface area contributed by atoms with Crippen molar-refractivity contribution in [3.63, 3.8) is 0 Å². The lowest BCUT2D eigenvalue weighted by Gasteiger charge is -2.32. The zero-order valence-electron chi connectivity index (χ0n) is 15.4. The van der Waals surface area contributed by atoms with E-state index < -0.39 is 6.10 Å². The molecule has 1 N–H and O–H groups in total. The van der Waals surface area contributed by atoms with Gasteiger partial charge in [0.25, 0.3) is 0 Å². The zero-order valence-corrected chi connectivity index (χ0v) is 15.4. The molecule has 26 heavy (non-hydrogen) atoms. The number of ether oxygens (including phenoxy) is 4. The highest BCUT2D eigenvalue weighted by Crippen LogP contribution is 2.48. The van der Waals surface area contributed by atoms with Crippen LogP contribution >= 0.6 is 0 Å². The van der Waals surface area contributed by atoms with Crippen LogP contribution in [0.25, 0.3) is 0 Å². The van der Waals surface area contributed by atoms with Gasteiger partial charge < -0.3 is 24.1 Å². The maximum Gasteiger partial charge on any atom is 0.203 e. The number of aliphatic hydroxyl groups excluding tert-OH is 1. The second-order valence-corrected chi connectivity index (χ2v) is 6.79. The van der Waals surface area contributed by atoms with E-state index in [1.807, 2.05) is 18.2 Å². The van der Waals surface area contributed by atoms with E-state index >= 15 is 0 Å². The Kier molecular flexibility index (Phi) is 4.41. The molecule has 0 radical (unpaired) electrons. The van der Waals surface area contributed by atoms with Gasteiger partial charge in [0.1, 0.15) is 11.9 Å². The molecule has 1 unspecified atom stereocenters. The largest absolute Gasteiger partial charge is 0.493 e. The lowest BCUT2D eigenvalue weighted by molar-refractivity contribution is 0.0646. The van der Waals surface area contributed by atoms with Gasteiger partial charge in [-0.1, -0.05) is 12.1 Å². The van der Waals surface area contributed by atoms with Crippen LogP contribution in [0.5, 0.6) is 23.0 Å². The van der Waals surface area contributed by atoms with Gasteiger partial charge in [-0.25, -0.2) is 0 Å². The van der Waals surface area contributed by atoms with E-state index in [2.05, 4.69) is 6.07 Å². The third-order valence-electron chi connectivity index (χ3n) is 5.38. The number of hydrogen-bond acceptors (Lipinski definition) is 5. The van der Waals surface area contributed by atoms with Crippen LogP contribution in [0, 0.1) is 0 Å². The Hall–Kier alpha value is -2.40. The molecule has 1 aliphatic heterocycles. The summed E-state index contributed by atoms with van der Waals surface area (Å²) in [6, 6.07) is 7.93. The number of benzene rings is 2. The van der Waals surface area contributed by atoms with Gasteiger partial charge in [-0.15, -0.1) is 0 Å². The molecule has 138 valence electrons. The number of fused-ring (bicyclic) bond motifs is 3. The van der Waals surface area contributed by atoms with Crippen molar-refractivity contribution in [3.8, 4) is 23.0 Å². The summed E-state index contributed by atoms with van der Waals surface area (Å²) in [6.45, 7) is 0. The van der Waals surface area contributed by atoms with Crippen molar-refractivity contribution in [1.82, 2.24) is 0 Å². The summed E-state index contributed by atoms with van der Waals surface area (Å²) in [4.78, 5) is 0. The molecule has 0 saturated heterocycles. The molecular weight excluding hydrogens is 332 g/mol. The fourth-order valence-corrected chi connectivity index (χ4v) is 4.06. The monoisotopic (exact) mass is 356 g/mol. The number of aryl methyl sites for hydroxylation is 1. The first-order valence-corrected chi connectivity index (χ1v) is 8.95. The highest BCUT2D eigenvalue weighted by Gasteiger charge is 2.33. The van der Waals surface area contributed by atoms with Crippen molar-refractivity contribution in [2.75, 3.05) is 21.3 Å². The minimum Gasteiger partial charge on any atom is -0.493 e. The van der Waals surface area contributed by atoms with E-state index in [0.29, 0.717) is 23.7 Å². The molecule has 0 aromatic heterocycles. The van der Waals surface area contributed by atoms with Gasteiger partial charge in [0, 0.05) is 17.5 Å². The second-order valence-electron chi connectivity index (χ2n) is 6.79. The molecule has 0 bridgehead atoms. The summed E-state index contributed by atoms with van der Waals surface area (Å²) >= 11 is 0. The van der Waals surface area contributed by atoms with E-state index in [1.165, 1.54) is 11.1 Å². The first kappa shape index (κ1) is 17.0. The summed E-state index contributed by atoms with van der Waals surface area (Å²) in [5.74, 6) is 2.59. The van der Waals surface area contributed by atoms with Crippen molar-refractivity contribution in [1.29, 1.82) is 0 Å². The fraction of sp³-hybridized carbons (Fsp3) is 0.429. The van der Waals surface area contributed by atoms with Crippen molar-refractivity contribution >= 4 is 0 Å². The summed E-state index contributed by atoms with van der Waals surface area (Å²) in [7, 11) is 4.78. The average Bonchev–Trinajstić information content (AvgIpc) is 3.15. The number of aliphatic hydroxyl groups is 1. The molecule has 5 nitrogen and oxygen atoms in total. The normalized spacial score (nSPS) is 20.8. The SMILES string of the molecule is COc1cc([C@@H]2CC(O)c3ccc4c(c3O2)CCC4)cc(OC)c1OC. The van der Waals surface area contributed by atoms with Gasteiger partial charge in [0.2, 0.25) is 5.75 Å². The van der Waals surface area contributed by atoms with E-state index in [0.717, 1.165) is 36.1 Å². The molecule has 1 aliphatic carbocycles. The maximum absolute atomic E-state index is 10.7. The van der Waals surface area contributed by atoms with Gasteiger partial charge in [0.05, 0.1) is 27.4 Å². The Morgan fingerprint density at radius 2 is 1.73 bits per heavy atom. The Balaban J connectivity index is 1.75. The van der Waals surface area contributed by atoms with E-state index in [-0.39, 0.29) is 6.10 Å². The minimum atomic E-state index is -0.547. The van der Waals surface area contributed by atoms with Crippen LogP contribution in [0.15, 0.2) is 24.3 Å². The van der Waals surface area contributed by atoms with Crippen LogP contribution in [0.2, 0.25) is 0 Å². The Morgan fingerprint density at radius 1 is 1.00 bits per heavy atom. The minimum absolute atomic E-state index is 0.265. The van der Waals surface area contributed by atoms with Gasteiger partial charge in [-0.05, 0) is 42.5 Å². The third kappa shape index (κ3) is 2.67. The number of methoxy groups -OCH3 is 3. The van der Waals surface area contributed by atoms with E-state index in [9.17, 15) is 5.11 Å². The van der Waals surface area contributed by atoms with Gasteiger partial charge in [-0.3, -0.25) is 0 Å². The predicted molar refractivity (Wildman–Crippen MR) is 97.5 cm³/mol. The smallest absolute Gasteiger partial charge is 0.203 e. The zero-order chi connectivity index (χ0) is 18.3. The van der Waals surface area contributed by atoms with E-state index in [4.69, 9.17) is 18.9 Å². The molecule has 0 spiro atoms. The first-order chi connectivity index (χ1) is 12.7. The average molecular weight is 356 g/mol. The molecule has 0 fully saturated rings. The van der Waals surface area contributed by atoms with Crippen LogP contribution in [0.1, 0.15) is 47.3 Å². The molecule has 2 aromatic carbocycles. The number of hydrogen-bond donors (Lipinski definition) is 1. The standard InChI is InChI=1S/C21H24O5/c1-23-18-9-13(10-19(24-2)21(18)25-3)17-11-16(22)15-8-7-12-5-4-6-14(12)20(15)26-17/h7-10,16-17,22H,4-6,11H2,1-3H3/t16?,17-/m0/s1. The summed E-state index contributed by atoms with van der Waals surface area (Å²) in [5.41, 5.74) is 4.38. The molecule has 1 heterocycles. The van der Waals surface area contributed by atoms with Crippen LogP contribution < -0.4 is 18.9 Å². The Labute approximate surface area is 153 Å². The second kappa shape index (κ2) is 6.72. The molecule has 2 atom stereocenters. The summed E-state index contributed by atoms with van der Waals surface area (Å²) < 4.78 is 22.7. The van der Waals surface area contributed by atoms with Crippen molar-refractivity contribution in [2.24, 2.45) is 0 Å². The van der Waals surface area contributed by atoms with Crippen molar-refractivity contribution in [2.45, 2.75) is 37.9 Å². The van der Waals surface area contributed by atoms with Crippen LogP contribution in [0.4, 0.5) is 0 Å². The van der Waals surface area contributed by atoms with Crippen molar-refractivity contribution < 1.29 is 24.1 Å². The highest BCUT2D eigenvalue weighted by molar-refractivity contribution is 5.55. The summed E-state index contributed by atoms with van der Waals surface area (Å²) in [6.07, 6.45) is 2.90. The highest BCUT2D eigenvalue weighted by atomic mass is 16.5. The quantitative estimate of drug-likeness (QED) is 0.904. The van der Waals surface area contributed by atoms with Gasteiger partial charge in [-0.2, -0.15) is 0 Å². The van der Waals surface area contributed by atoms with Crippen LogP contribution in [-0.4, -0.2) is 26.4 Å². The lowest BCUT2D eigenvalue weighted by Crippen LogP contribution is -2.20. The molecule has 2 aliphatic rings. The molecule has 5 heteroatoms. The van der Waals surface area contributed by atoms with Crippen LogP contribution in [-0.2, 0) is 12.8 Å². The first-order valence-electron chi connectivity index (χ1n) is 8.95. The molecule has 2 aromatic rings. The van der Waals surface area contributed by atoms with Crippen molar-refractivity contribution in [3.05, 3.63) is 46.5 Å². The topological polar surface area (TPSA) is 57.2 Å². The fourth-order valence-electron chi connectivity index (χ4n) is 4.06.